The normalized spacial score (nSPS) is 13.2. The van der Waals surface area contributed by atoms with E-state index in [0.29, 0.717) is 6.54 Å². The summed E-state index contributed by atoms with van der Waals surface area (Å²) in [6.45, 7) is 2.65. The van der Waals surface area contributed by atoms with Crippen LogP contribution in [0.3, 0.4) is 0 Å². The van der Waals surface area contributed by atoms with Crippen LogP contribution in [0.25, 0.3) is 0 Å². The minimum Gasteiger partial charge on any atom is -0.395 e. The minimum absolute atomic E-state index is 0.0760. The van der Waals surface area contributed by atoms with Crippen molar-refractivity contribution in [3.05, 3.63) is 34.1 Å². The predicted octanol–water partition coefficient (Wildman–Crippen LogP) is 2.40. The van der Waals surface area contributed by atoms with Crippen molar-refractivity contribution in [2.24, 2.45) is 0 Å². The number of likely N-dealkylation sites (N-methyl/N-ethyl adjacent to an activating group) is 1. The van der Waals surface area contributed by atoms with E-state index in [-0.39, 0.29) is 18.5 Å². The molecule has 0 aliphatic heterocycles. The number of benzene rings is 1. The number of halogens is 2. The van der Waals surface area contributed by atoms with Gasteiger partial charge in [0.15, 0.2) is 0 Å². The molecule has 0 aromatic heterocycles. The van der Waals surface area contributed by atoms with Gasteiger partial charge in [-0.3, -0.25) is 4.90 Å². The van der Waals surface area contributed by atoms with E-state index in [2.05, 4.69) is 15.9 Å². The molecule has 0 saturated carbocycles. The Bertz CT molecular complexity index is 312. The summed E-state index contributed by atoms with van der Waals surface area (Å²) in [7, 11) is 1.90. The summed E-state index contributed by atoms with van der Waals surface area (Å²) in [6.07, 6.45) is 0. The molecule has 0 radical (unpaired) electrons. The summed E-state index contributed by atoms with van der Waals surface area (Å²) < 4.78 is 13.8. The third-order valence-corrected chi connectivity index (χ3v) is 2.83. The van der Waals surface area contributed by atoms with E-state index >= 15 is 0 Å². The Labute approximate surface area is 97.8 Å². The zero-order chi connectivity index (χ0) is 11.4. The maximum Gasteiger partial charge on any atom is 0.124 e. The first kappa shape index (κ1) is 12.6. The topological polar surface area (TPSA) is 23.5 Å². The summed E-state index contributed by atoms with van der Waals surface area (Å²) in [4.78, 5) is 1.97. The molecule has 1 atom stereocenters. The Balaban J connectivity index is 2.72. The molecule has 0 saturated heterocycles. The molecule has 1 aromatic carbocycles. The predicted molar refractivity (Wildman–Crippen MR) is 62.1 cm³/mol. The van der Waals surface area contributed by atoms with Crippen LogP contribution in [-0.4, -0.2) is 29.7 Å². The number of nitrogens with zero attached hydrogens (tertiary/aromatic N) is 1. The highest BCUT2D eigenvalue weighted by Gasteiger charge is 2.09. The molecular formula is C11H15BrFNO. The fourth-order valence-corrected chi connectivity index (χ4v) is 1.80. The molecule has 0 amide bonds. The van der Waals surface area contributed by atoms with Gasteiger partial charge in [-0.15, -0.1) is 0 Å². The lowest BCUT2D eigenvalue weighted by Gasteiger charge is -2.22. The second-order valence-electron chi connectivity index (χ2n) is 3.72. The molecule has 1 N–H and O–H groups in total. The van der Waals surface area contributed by atoms with E-state index in [0.717, 1.165) is 10.0 Å². The van der Waals surface area contributed by atoms with Crippen LogP contribution in [0.4, 0.5) is 4.39 Å². The summed E-state index contributed by atoms with van der Waals surface area (Å²) in [5, 5.41) is 8.97. The summed E-state index contributed by atoms with van der Waals surface area (Å²) in [6, 6.07) is 4.89. The van der Waals surface area contributed by atoms with Crippen LogP contribution < -0.4 is 0 Å². The van der Waals surface area contributed by atoms with Crippen molar-refractivity contribution in [1.82, 2.24) is 4.90 Å². The van der Waals surface area contributed by atoms with Gasteiger partial charge >= 0.3 is 0 Å². The molecule has 1 aromatic rings. The molecule has 84 valence electrons. The van der Waals surface area contributed by atoms with Crippen LogP contribution >= 0.6 is 15.9 Å². The van der Waals surface area contributed by atoms with Gasteiger partial charge in [0, 0.05) is 17.1 Å². The van der Waals surface area contributed by atoms with E-state index in [9.17, 15) is 4.39 Å². The molecule has 0 bridgehead atoms. The molecule has 1 rings (SSSR count). The molecule has 15 heavy (non-hydrogen) atoms. The maximum absolute atomic E-state index is 13.1. The molecule has 0 heterocycles. The number of hydrogen-bond donors (Lipinski definition) is 1. The molecule has 0 fully saturated rings. The average Bonchev–Trinajstić information content (AvgIpc) is 2.14. The Morgan fingerprint density at radius 2 is 2.13 bits per heavy atom. The third kappa shape index (κ3) is 3.89. The zero-order valence-electron chi connectivity index (χ0n) is 8.87. The van der Waals surface area contributed by atoms with Gasteiger partial charge < -0.3 is 5.11 Å². The zero-order valence-corrected chi connectivity index (χ0v) is 10.5. The van der Waals surface area contributed by atoms with E-state index < -0.39 is 0 Å². The van der Waals surface area contributed by atoms with E-state index in [1.54, 1.807) is 0 Å². The largest absolute Gasteiger partial charge is 0.395 e. The lowest BCUT2D eigenvalue weighted by molar-refractivity contribution is 0.154. The fraction of sp³-hybridized carbons (Fsp3) is 0.455. The first-order valence-electron chi connectivity index (χ1n) is 4.79. The van der Waals surface area contributed by atoms with Gasteiger partial charge in [0.05, 0.1) is 6.61 Å². The van der Waals surface area contributed by atoms with E-state index in [1.807, 2.05) is 24.9 Å². The van der Waals surface area contributed by atoms with Crippen LogP contribution in [0, 0.1) is 5.82 Å². The smallest absolute Gasteiger partial charge is 0.124 e. The fourth-order valence-electron chi connectivity index (χ4n) is 1.29. The van der Waals surface area contributed by atoms with Gasteiger partial charge in [-0.1, -0.05) is 15.9 Å². The second-order valence-corrected chi connectivity index (χ2v) is 4.64. The number of hydrogen-bond acceptors (Lipinski definition) is 2. The van der Waals surface area contributed by atoms with Crippen LogP contribution in [-0.2, 0) is 6.54 Å². The summed E-state index contributed by atoms with van der Waals surface area (Å²) >= 11 is 3.25. The molecule has 0 aliphatic carbocycles. The third-order valence-electron chi connectivity index (χ3n) is 2.37. The highest BCUT2D eigenvalue weighted by molar-refractivity contribution is 9.10. The van der Waals surface area contributed by atoms with Gasteiger partial charge in [0.25, 0.3) is 0 Å². The Morgan fingerprint density at radius 3 is 2.67 bits per heavy atom. The highest BCUT2D eigenvalue weighted by atomic mass is 79.9. The number of aliphatic hydroxyl groups excluding tert-OH is 1. The Kier molecular flexibility index (Phi) is 4.70. The minimum atomic E-state index is -0.246. The molecule has 0 aliphatic rings. The highest BCUT2D eigenvalue weighted by Crippen LogP contribution is 2.16. The van der Waals surface area contributed by atoms with Gasteiger partial charge in [-0.2, -0.15) is 0 Å². The monoisotopic (exact) mass is 275 g/mol. The van der Waals surface area contributed by atoms with Crippen molar-refractivity contribution in [3.63, 3.8) is 0 Å². The van der Waals surface area contributed by atoms with Gasteiger partial charge in [-0.25, -0.2) is 4.39 Å². The lowest BCUT2D eigenvalue weighted by atomic mass is 10.2. The van der Waals surface area contributed by atoms with Crippen molar-refractivity contribution in [2.75, 3.05) is 13.7 Å². The van der Waals surface area contributed by atoms with Crippen molar-refractivity contribution in [2.45, 2.75) is 19.5 Å². The van der Waals surface area contributed by atoms with Crippen LogP contribution in [0.15, 0.2) is 22.7 Å². The van der Waals surface area contributed by atoms with Crippen LogP contribution in [0.2, 0.25) is 0 Å². The Hall–Kier alpha value is -0.450. The van der Waals surface area contributed by atoms with Crippen molar-refractivity contribution >= 4 is 15.9 Å². The quantitative estimate of drug-likeness (QED) is 0.912. The average molecular weight is 276 g/mol. The first-order chi connectivity index (χ1) is 7.02. The van der Waals surface area contributed by atoms with E-state index in [1.165, 1.54) is 12.1 Å². The second kappa shape index (κ2) is 5.58. The molecule has 1 unspecified atom stereocenters. The molecule has 4 heteroatoms. The standard InChI is InChI=1S/C11H15BrFNO/c1-8(7-15)14(2)6-9-3-10(12)5-11(13)4-9/h3-5,8,15H,6-7H2,1-2H3. The SMILES string of the molecule is CC(CO)N(C)Cc1cc(F)cc(Br)c1. The summed E-state index contributed by atoms with van der Waals surface area (Å²) in [5.41, 5.74) is 0.893. The van der Waals surface area contributed by atoms with E-state index in [4.69, 9.17) is 5.11 Å². The molecule has 2 nitrogen and oxygen atoms in total. The number of rotatable bonds is 4. The van der Waals surface area contributed by atoms with Crippen LogP contribution in [0.1, 0.15) is 12.5 Å². The summed E-state index contributed by atoms with van der Waals surface area (Å²) in [5.74, 6) is -0.246. The van der Waals surface area contributed by atoms with Crippen molar-refractivity contribution < 1.29 is 9.50 Å². The maximum atomic E-state index is 13.1. The Morgan fingerprint density at radius 1 is 1.47 bits per heavy atom. The van der Waals surface area contributed by atoms with Crippen molar-refractivity contribution in [1.29, 1.82) is 0 Å². The lowest BCUT2D eigenvalue weighted by Crippen LogP contribution is -2.31. The molecule has 0 spiro atoms. The molecular weight excluding hydrogens is 261 g/mol. The number of aliphatic hydroxyl groups is 1. The van der Waals surface area contributed by atoms with Gasteiger partial charge in [0.1, 0.15) is 5.82 Å². The van der Waals surface area contributed by atoms with Crippen molar-refractivity contribution in [3.8, 4) is 0 Å². The van der Waals surface area contributed by atoms with Crippen LogP contribution in [0.5, 0.6) is 0 Å². The van der Waals surface area contributed by atoms with Gasteiger partial charge in [-0.05, 0) is 37.7 Å². The first-order valence-corrected chi connectivity index (χ1v) is 5.58. The van der Waals surface area contributed by atoms with Gasteiger partial charge in [0.2, 0.25) is 0 Å².